The van der Waals surface area contributed by atoms with E-state index in [1.807, 2.05) is 32.9 Å². The third-order valence-electron chi connectivity index (χ3n) is 4.07. The lowest BCUT2D eigenvalue weighted by molar-refractivity contribution is -0.152. The summed E-state index contributed by atoms with van der Waals surface area (Å²) in [6, 6.07) is 1.91. The summed E-state index contributed by atoms with van der Waals surface area (Å²) in [6.45, 7) is 8.00. The maximum Gasteiger partial charge on any atom is 0.311 e. The third-order valence-corrected chi connectivity index (χ3v) is 4.07. The predicted octanol–water partition coefficient (Wildman–Crippen LogP) is 3.01. The first kappa shape index (κ1) is 15.8. The van der Waals surface area contributed by atoms with Crippen molar-refractivity contribution in [1.29, 1.82) is 0 Å². The Kier molecular flexibility index (Phi) is 4.83. The van der Waals surface area contributed by atoms with Crippen molar-refractivity contribution in [3.05, 3.63) is 29.2 Å². The predicted molar refractivity (Wildman–Crippen MR) is 79.9 cm³/mol. The SMILES string of the molecule is CC(C)=CC[C@]1(C(=O)O)CCCN(Cc2cc(C)no2)C1. The van der Waals surface area contributed by atoms with E-state index in [1.54, 1.807) is 0 Å². The smallest absolute Gasteiger partial charge is 0.311 e. The number of carboxylic acid groups (broad SMARTS) is 1. The summed E-state index contributed by atoms with van der Waals surface area (Å²) in [4.78, 5) is 14.0. The van der Waals surface area contributed by atoms with Crippen LogP contribution in [0.2, 0.25) is 0 Å². The van der Waals surface area contributed by atoms with Gasteiger partial charge in [0.25, 0.3) is 0 Å². The van der Waals surface area contributed by atoms with Crippen LogP contribution >= 0.6 is 0 Å². The van der Waals surface area contributed by atoms with Gasteiger partial charge in [-0.3, -0.25) is 9.69 Å². The number of hydrogen-bond acceptors (Lipinski definition) is 4. The quantitative estimate of drug-likeness (QED) is 0.845. The molecule has 0 bridgehead atoms. The van der Waals surface area contributed by atoms with Crippen molar-refractivity contribution in [3.63, 3.8) is 0 Å². The molecule has 0 radical (unpaired) electrons. The highest BCUT2D eigenvalue weighted by atomic mass is 16.5. The summed E-state index contributed by atoms with van der Waals surface area (Å²) in [5.41, 5.74) is 1.35. The zero-order chi connectivity index (χ0) is 15.5. The number of allylic oxidation sites excluding steroid dienone is 2. The van der Waals surface area contributed by atoms with Gasteiger partial charge in [0, 0.05) is 12.6 Å². The van der Waals surface area contributed by atoms with Crippen LogP contribution < -0.4 is 0 Å². The molecule has 1 aliphatic rings. The van der Waals surface area contributed by atoms with Crippen molar-refractivity contribution in [2.75, 3.05) is 13.1 Å². The van der Waals surface area contributed by atoms with Crippen molar-refractivity contribution in [3.8, 4) is 0 Å². The fourth-order valence-electron chi connectivity index (χ4n) is 2.90. The Morgan fingerprint density at radius 2 is 2.33 bits per heavy atom. The number of piperidine rings is 1. The molecular weight excluding hydrogens is 268 g/mol. The molecule has 0 unspecified atom stereocenters. The molecule has 0 saturated carbocycles. The van der Waals surface area contributed by atoms with Gasteiger partial charge < -0.3 is 9.63 Å². The van der Waals surface area contributed by atoms with Gasteiger partial charge in [0.15, 0.2) is 5.76 Å². The number of likely N-dealkylation sites (tertiary alicyclic amines) is 1. The van der Waals surface area contributed by atoms with E-state index in [9.17, 15) is 9.90 Å². The van der Waals surface area contributed by atoms with Crippen LogP contribution in [-0.4, -0.2) is 34.2 Å². The molecular formula is C16H24N2O3. The number of nitrogens with zero attached hydrogens (tertiary/aromatic N) is 2. The van der Waals surface area contributed by atoms with Gasteiger partial charge in [-0.1, -0.05) is 16.8 Å². The van der Waals surface area contributed by atoms with Crippen molar-refractivity contribution < 1.29 is 14.4 Å². The highest BCUT2D eigenvalue weighted by Crippen LogP contribution is 2.35. The molecule has 0 aliphatic carbocycles. The van der Waals surface area contributed by atoms with Gasteiger partial charge in [-0.25, -0.2) is 0 Å². The molecule has 0 spiro atoms. The van der Waals surface area contributed by atoms with Gasteiger partial charge in [-0.15, -0.1) is 0 Å². The van der Waals surface area contributed by atoms with Crippen molar-refractivity contribution in [1.82, 2.24) is 10.1 Å². The fourth-order valence-corrected chi connectivity index (χ4v) is 2.90. The lowest BCUT2D eigenvalue weighted by atomic mass is 9.76. The lowest BCUT2D eigenvalue weighted by Crippen LogP contribution is -2.47. The molecule has 2 heterocycles. The van der Waals surface area contributed by atoms with E-state index in [0.29, 0.717) is 19.5 Å². The van der Waals surface area contributed by atoms with Gasteiger partial charge in [-0.2, -0.15) is 0 Å². The standard InChI is InChI=1S/C16H24N2O3/c1-12(2)5-7-16(15(19)20)6-4-8-18(11-16)10-14-9-13(3)17-21-14/h5,9H,4,6-8,10-11H2,1-3H3,(H,19,20)/t16-/m1/s1. The lowest BCUT2D eigenvalue weighted by Gasteiger charge is -2.39. The molecule has 5 heteroatoms. The number of rotatable bonds is 5. The number of carbonyl (C=O) groups is 1. The van der Waals surface area contributed by atoms with E-state index in [2.05, 4.69) is 10.1 Å². The van der Waals surface area contributed by atoms with Crippen LogP contribution in [0.4, 0.5) is 0 Å². The van der Waals surface area contributed by atoms with Gasteiger partial charge in [-0.05, 0) is 46.6 Å². The van der Waals surface area contributed by atoms with E-state index >= 15 is 0 Å². The first-order chi connectivity index (χ1) is 9.91. The monoisotopic (exact) mass is 292 g/mol. The minimum absolute atomic E-state index is 0.561. The Bertz CT molecular complexity index is 531. The molecule has 2 rings (SSSR count). The maximum atomic E-state index is 11.8. The summed E-state index contributed by atoms with van der Waals surface area (Å²) < 4.78 is 5.24. The molecule has 1 aliphatic heterocycles. The van der Waals surface area contributed by atoms with E-state index < -0.39 is 11.4 Å². The molecule has 1 aromatic rings. The third kappa shape index (κ3) is 3.94. The number of aromatic nitrogens is 1. The summed E-state index contributed by atoms with van der Waals surface area (Å²) in [7, 11) is 0. The topological polar surface area (TPSA) is 66.6 Å². The second-order valence-electron chi connectivity index (χ2n) is 6.32. The van der Waals surface area contributed by atoms with Gasteiger partial charge in [0.1, 0.15) is 0 Å². The zero-order valence-electron chi connectivity index (χ0n) is 13.1. The minimum atomic E-state index is -0.696. The molecule has 0 aromatic carbocycles. The second kappa shape index (κ2) is 6.43. The molecule has 5 nitrogen and oxygen atoms in total. The molecule has 1 aromatic heterocycles. The maximum absolute atomic E-state index is 11.8. The van der Waals surface area contributed by atoms with Crippen LogP contribution in [0.25, 0.3) is 0 Å². The Balaban J connectivity index is 2.09. The first-order valence-electron chi connectivity index (χ1n) is 7.43. The van der Waals surface area contributed by atoms with E-state index in [-0.39, 0.29) is 0 Å². The second-order valence-corrected chi connectivity index (χ2v) is 6.32. The Hall–Kier alpha value is -1.62. The summed E-state index contributed by atoms with van der Waals surface area (Å²) in [5, 5.41) is 13.6. The molecule has 1 fully saturated rings. The molecule has 21 heavy (non-hydrogen) atoms. The minimum Gasteiger partial charge on any atom is -0.481 e. The number of aryl methyl sites for hydroxylation is 1. The number of hydrogen-bond donors (Lipinski definition) is 1. The van der Waals surface area contributed by atoms with Crippen LogP contribution in [0.1, 0.15) is 44.6 Å². The molecule has 1 N–H and O–H groups in total. The van der Waals surface area contributed by atoms with E-state index in [4.69, 9.17) is 4.52 Å². The average Bonchev–Trinajstić information content (AvgIpc) is 2.82. The van der Waals surface area contributed by atoms with Crippen molar-refractivity contribution in [2.24, 2.45) is 5.41 Å². The van der Waals surface area contributed by atoms with E-state index in [0.717, 1.165) is 30.8 Å². The Morgan fingerprint density at radius 1 is 1.57 bits per heavy atom. The van der Waals surface area contributed by atoms with Crippen LogP contribution in [0, 0.1) is 12.3 Å². The molecule has 1 atom stereocenters. The number of carboxylic acids is 1. The van der Waals surface area contributed by atoms with E-state index in [1.165, 1.54) is 5.57 Å². The fraction of sp³-hybridized carbons (Fsp3) is 0.625. The Morgan fingerprint density at radius 3 is 2.90 bits per heavy atom. The van der Waals surface area contributed by atoms with Crippen LogP contribution in [-0.2, 0) is 11.3 Å². The molecule has 116 valence electrons. The summed E-state index contributed by atoms with van der Waals surface area (Å²) in [5.74, 6) is 0.106. The molecule has 1 saturated heterocycles. The van der Waals surface area contributed by atoms with Crippen LogP contribution in [0.15, 0.2) is 22.2 Å². The highest BCUT2D eigenvalue weighted by molar-refractivity contribution is 5.75. The largest absolute Gasteiger partial charge is 0.481 e. The zero-order valence-corrected chi connectivity index (χ0v) is 13.1. The average molecular weight is 292 g/mol. The summed E-state index contributed by atoms with van der Waals surface area (Å²) >= 11 is 0. The molecule has 0 amide bonds. The number of aliphatic carboxylic acids is 1. The van der Waals surface area contributed by atoms with Crippen molar-refractivity contribution in [2.45, 2.75) is 46.6 Å². The van der Waals surface area contributed by atoms with Crippen molar-refractivity contribution >= 4 is 5.97 Å². The first-order valence-corrected chi connectivity index (χ1v) is 7.43. The van der Waals surface area contributed by atoms with Gasteiger partial charge in [0.2, 0.25) is 0 Å². The normalized spacial score (nSPS) is 23.0. The highest BCUT2D eigenvalue weighted by Gasteiger charge is 2.41. The van der Waals surface area contributed by atoms with Gasteiger partial charge in [0.05, 0.1) is 17.7 Å². The van der Waals surface area contributed by atoms with Crippen LogP contribution in [0.3, 0.4) is 0 Å². The Labute approximate surface area is 125 Å². The van der Waals surface area contributed by atoms with Gasteiger partial charge >= 0.3 is 5.97 Å². The summed E-state index contributed by atoms with van der Waals surface area (Å²) in [6.07, 6.45) is 4.26. The van der Waals surface area contributed by atoms with Crippen LogP contribution in [0.5, 0.6) is 0 Å².